The van der Waals surface area contributed by atoms with Crippen LogP contribution in [0.15, 0.2) is 40.8 Å². The zero-order chi connectivity index (χ0) is 14.1. The van der Waals surface area contributed by atoms with E-state index >= 15 is 0 Å². The van der Waals surface area contributed by atoms with E-state index in [4.69, 9.17) is 19.6 Å². The van der Waals surface area contributed by atoms with Gasteiger partial charge in [-0.05, 0) is 30.3 Å². The third kappa shape index (κ3) is 1.93. The highest BCUT2D eigenvalue weighted by Crippen LogP contribution is 2.38. The van der Waals surface area contributed by atoms with Crippen LogP contribution in [0.25, 0.3) is 22.6 Å². The van der Waals surface area contributed by atoms with E-state index in [0.29, 0.717) is 34.2 Å². The lowest BCUT2D eigenvalue weighted by atomic mass is 10.2. The molecule has 0 radical (unpaired) electrons. The SMILES string of the molecule is COc1cccc(-c2nc3cc(N)ccc3o2)c1OC. The molecule has 5 heteroatoms. The summed E-state index contributed by atoms with van der Waals surface area (Å²) in [4.78, 5) is 4.45. The minimum Gasteiger partial charge on any atom is -0.493 e. The summed E-state index contributed by atoms with van der Waals surface area (Å²) in [5.41, 5.74) is 8.53. The first-order valence-corrected chi connectivity index (χ1v) is 6.10. The molecule has 1 heterocycles. The van der Waals surface area contributed by atoms with Gasteiger partial charge in [0.25, 0.3) is 0 Å². The van der Waals surface area contributed by atoms with Crippen molar-refractivity contribution in [2.45, 2.75) is 0 Å². The number of aromatic nitrogens is 1. The Balaban J connectivity index is 2.20. The summed E-state index contributed by atoms with van der Waals surface area (Å²) < 4.78 is 16.4. The van der Waals surface area contributed by atoms with Crippen LogP contribution in [0.4, 0.5) is 5.69 Å². The number of para-hydroxylation sites is 1. The van der Waals surface area contributed by atoms with Crippen molar-refractivity contribution in [1.29, 1.82) is 0 Å². The van der Waals surface area contributed by atoms with Gasteiger partial charge in [-0.1, -0.05) is 6.07 Å². The Labute approximate surface area is 115 Å². The Kier molecular flexibility index (Phi) is 2.95. The first-order valence-electron chi connectivity index (χ1n) is 6.10. The standard InChI is InChI=1S/C15H14N2O3/c1-18-13-5-3-4-10(14(13)19-2)15-17-11-8-9(16)6-7-12(11)20-15/h3-8H,16H2,1-2H3. The fraction of sp³-hybridized carbons (Fsp3) is 0.133. The first kappa shape index (κ1) is 12.3. The number of hydrogen-bond donors (Lipinski definition) is 1. The molecular formula is C15H14N2O3. The Morgan fingerprint density at radius 2 is 1.95 bits per heavy atom. The first-order chi connectivity index (χ1) is 9.72. The smallest absolute Gasteiger partial charge is 0.231 e. The summed E-state index contributed by atoms with van der Waals surface area (Å²) >= 11 is 0. The number of nitrogens with zero attached hydrogens (tertiary/aromatic N) is 1. The molecule has 2 aromatic carbocycles. The highest BCUT2D eigenvalue weighted by atomic mass is 16.5. The maximum atomic E-state index is 5.75. The second-order valence-corrected chi connectivity index (χ2v) is 4.29. The van der Waals surface area contributed by atoms with Crippen LogP contribution in [0.1, 0.15) is 0 Å². The maximum absolute atomic E-state index is 5.75. The van der Waals surface area contributed by atoms with E-state index in [1.54, 1.807) is 32.4 Å². The highest BCUT2D eigenvalue weighted by molar-refractivity contribution is 5.81. The minimum absolute atomic E-state index is 0.473. The van der Waals surface area contributed by atoms with Gasteiger partial charge in [0, 0.05) is 5.69 Å². The molecule has 0 saturated carbocycles. The molecule has 0 bridgehead atoms. The number of fused-ring (bicyclic) bond motifs is 1. The number of hydrogen-bond acceptors (Lipinski definition) is 5. The Bertz CT molecular complexity index is 765. The van der Waals surface area contributed by atoms with Gasteiger partial charge in [0.05, 0.1) is 19.8 Å². The van der Waals surface area contributed by atoms with E-state index < -0.39 is 0 Å². The summed E-state index contributed by atoms with van der Waals surface area (Å²) in [5, 5.41) is 0. The van der Waals surface area contributed by atoms with Gasteiger partial charge in [-0.3, -0.25) is 0 Å². The van der Waals surface area contributed by atoms with Gasteiger partial charge in [0.2, 0.25) is 5.89 Å². The third-order valence-electron chi connectivity index (χ3n) is 3.04. The van der Waals surface area contributed by atoms with Crippen LogP contribution in [-0.4, -0.2) is 19.2 Å². The van der Waals surface area contributed by atoms with E-state index in [0.717, 1.165) is 5.56 Å². The van der Waals surface area contributed by atoms with Crippen molar-refractivity contribution >= 4 is 16.8 Å². The zero-order valence-corrected chi connectivity index (χ0v) is 11.2. The molecule has 2 N–H and O–H groups in total. The highest BCUT2D eigenvalue weighted by Gasteiger charge is 2.16. The van der Waals surface area contributed by atoms with Crippen LogP contribution in [0, 0.1) is 0 Å². The lowest BCUT2D eigenvalue weighted by Crippen LogP contribution is -1.93. The minimum atomic E-state index is 0.473. The average Bonchev–Trinajstić information content (AvgIpc) is 2.88. The van der Waals surface area contributed by atoms with Gasteiger partial charge in [-0.2, -0.15) is 0 Å². The van der Waals surface area contributed by atoms with Crippen molar-refractivity contribution in [1.82, 2.24) is 4.98 Å². The third-order valence-corrected chi connectivity index (χ3v) is 3.04. The van der Waals surface area contributed by atoms with Crippen LogP contribution in [0.2, 0.25) is 0 Å². The maximum Gasteiger partial charge on any atom is 0.231 e. The van der Waals surface area contributed by atoms with E-state index in [1.165, 1.54) is 0 Å². The van der Waals surface area contributed by atoms with Crippen molar-refractivity contribution in [2.24, 2.45) is 0 Å². The fourth-order valence-electron chi connectivity index (χ4n) is 2.12. The molecule has 0 aliphatic heterocycles. The largest absolute Gasteiger partial charge is 0.493 e. The number of anilines is 1. The molecule has 1 aromatic heterocycles. The number of benzene rings is 2. The Morgan fingerprint density at radius 1 is 1.10 bits per heavy atom. The van der Waals surface area contributed by atoms with Crippen LogP contribution in [0.3, 0.4) is 0 Å². The predicted octanol–water partition coefficient (Wildman–Crippen LogP) is 3.09. The summed E-state index contributed by atoms with van der Waals surface area (Å²) in [6.07, 6.45) is 0. The molecule has 0 amide bonds. The van der Waals surface area contributed by atoms with Crippen LogP contribution in [0.5, 0.6) is 11.5 Å². The molecule has 0 spiro atoms. The summed E-state index contributed by atoms with van der Waals surface area (Å²) in [6.45, 7) is 0. The molecule has 3 rings (SSSR count). The van der Waals surface area contributed by atoms with E-state index in [9.17, 15) is 0 Å². The van der Waals surface area contributed by atoms with E-state index in [-0.39, 0.29) is 0 Å². The topological polar surface area (TPSA) is 70.5 Å². The van der Waals surface area contributed by atoms with Crippen molar-refractivity contribution in [3.63, 3.8) is 0 Å². The van der Waals surface area contributed by atoms with Gasteiger partial charge >= 0.3 is 0 Å². The Hall–Kier alpha value is -2.69. The van der Waals surface area contributed by atoms with Crippen LogP contribution >= 0.6 is 0 Å². The average molecular weight is 270 g/mol. The lowest BCUT2D eigenvalue weighted by molar-refractivity contribution is 0.355. The molecule has 0 aliphatic carbocycles. The quantitative estimate of drug-likeness (QED) is 0.740. The van der Waals surface area contributed by atoms with Crippen molar-refractivity contribution in [3.8, 4) is 23.0 Å². The van der Waals surface area contributed by atoms with Crippen molar-refractivity contribution in [3.05, 3.63) is 36.4 Å². The van der Waals surface area contributed by atoms with Gasteiger partial charge in [0.15, 0.2) is 17.1 Å². The molecule has 3 aromatic rings. The zero-order valence-electron chi connectivity index (χ0n) is 11.2. The fourth-order valence-corrected chi connectivity index (χ4v) is 2.12. The number of oxazole rings is 1. The molecule has 0 aliphatic rings. The van der Waals surface area contributed by atoms with Crippen LogP contribution < -0.4 is 15.2 Å². The van der Waals surface area contributed by atoms with Crippen LogP contribution in [-0.2, 0) is 0 Å². The number of rotatable bonds is 3. The molecule has 20 heavy (non-hydrogen) atoms. The molecule has 0 fully saturated rings. The van der Waals surface area contributed by atoms with E-state index in [1.807, 2.05) is 18.2 Å². The summed E-state index contributed by atoms with van der Waals surface area (Å²) in [7, 11) is 3.18. The number of nitrogens with two attached hydrogens (primary N) is 1. The molecule has 0 saturated heterocycles. The van der Waals surface area contributed by atoms with Gasteiger partial charge in [-0.15, -0.1) is 0 Å². The number of ether oxygens (including phenoxy) is 2. The molecule has 5 nitrogen and oxygen atoms in total. The van der Waals surface area contributed by atoms with Gasteiger partial charge < -0.3 is 19.6 Å². The van der Waals surface area contributed by atoms with Crippen molar-refractivity contribution < 1.29 is 13.9 Å². The monoisotopic (exact) mass is 270 g/mol. The number of methoxy groups -OCH3 is 2. The molecular weight excluding hydrogens is 256 g/mol. The van der Waals surface area contributed by atoms with Crippen molar-refractivity contribution in [2.75, 3.05) is 20.0 Å². The predicted molar refractivity (Wildman–Crippen MR) is 77.0 cm³/mol. The molecule has 102 valence electrons. The summed E-state index contributed by atoms with van der Waals surface area (Å²) in [5.74, 6) is 1.70. The van der Waals surface area contributed by atoms with Gasteiger partial charge in [0.1, 0.15) is 5.52 Å². The number of nitrogen functional groups attached to an aromatic ring is 1. The van der Waals surface area contributed by atoms with Gasteiger partial charge in [-0.25, -0.2) is 4.98 Å². The second-order valence-electron chi connectivity index (χ2n) is 4.29. The molecule has 0 unspecified atom stereocenters. The second kappa shape index (κ2) is 4.77. The Morgan fingerprint density at radius 3 is 2.70 bits per heavy atom. The van der Waals surface area contributed by atoms with E-state index in [2.05, 4.69) is 4.98 Å². The lowest BCUT2D eigenvalue weighted by Gasteiger charge is -2.09. The normalized spacial score (nSPS) is 10.7. The summed E-state index contributed by atoms with van der Waals surface area (Å²) in [6, 6.07) is 10.9. The molecule has 0 atom stereocenters.